The van der Waals surface area contributed by atoms with Crippen molar-refractivity contribution in [2.45, 2.75) is 39.8 Å². The number of hydrogen-bond acceptors (Lipinski definition) is 3. The molecule has 1 aromatic rings. The molecule has 0 bridgehead atoms. The third-order valence-electron chi connectivity index (χ3n) is 4.11. The van der Waals surface area contributed by atoms with E-state index in [1.54, 1.807) is 0 Å². The molecular formula is C17H27ClN2O. The zero-order valence-electron chi connectivity index (χ0n) is 13.3. The van der Waals surface area contributed by atoms with Crippen molar-refractivity contribution in [1.29, 1.82) is 0 Å². The number of aliphatic hydroxyl groups excluding tert-OH is 1. The third-order valence-corrected chi connectivity index (χ3v) is 4.35. The Balaban J connectivity index is 2.11. The molecule has 21 heavy (non-hydrogen) atoms. The molecule has 2 N–H and O–H groups in total. The SMILES string of the molecule is CC(C)CNCc1cc(Cl)ccc1N1CCC(O)C(C)C1. The largest absolute Gasteiger partial charge is 0.393 e. The maximum Gasteiger partial charge on any atom is 0.0599 e. The highest BCUT2D eigenvalue weighted by atomic mass is 35.5. The molecular weight excluding hydrogens is 284 g/mol. The van der Waals surface area contributed by atoms with Gasteiger partial charge in [-0.05, 0) is 48.6 Å². The quantitative estimate of drug-likeness (QED) is 0.876. The van der Waals surface area contributed by atoms with E-state index in [0.717, 1.165) is 37.6 Å². The van der Waals surface area contributed by atoms with Gasteiger partial charge < -0.3 is 15.3 Å². The van der Waals surface area contributed by atoms with Crippen LogP contribution in [-0.4, -0.2) is 30.8 Å². The molecule has 2 unspecified atom stereocenters. The fourth-order valence-corrected chi connectivity index (χ4v) is 3.05. The summed E-state index contributed by atoms with van der Waals surface area (Å²) >= 11 is 6.16. The number of anilines is 1. The predicted molar refractivity (Wildman–Crippen MR) is 90.0 cm³/mol. The minimum Gasteiger partial charge on any atom is -0.393 e. The van der Waals surface area contributed by atoms with E-state index in [4.69, 9.17) is 11.6 Å². The minimum absolute atomic E-state index is 0.170. The highest BCUT2D eigenvalue weighted by molar-refractivity contribution is 6.30. The van der Waals surface area contributed by atoms with Crippen molar-refractivity contribution < 1.29 is 5.11 Å². The summed E-state index contributed by atoms with van der Waals surface area (Å²) in [5, 5.41) is 14.2. The first-order valence-electron chi connectivity index (χ1n) is 7.89. The molecule has 118 valence electrons. The lowest BCUT2D eigenvalue weighted by Gasteiger charge is -2.37. The van der Waals surface area contributed by atoms with Crippen molar-refractivity contribution in [3.63, 3.8) is 0 Å². The second kappa shape index (κ2) is 7.48. The average molecular weight is 311 g/mol. The minimum atomic E-state index is -0.170. The van der Waals surface area contributed by atoms with Crippen LogP contribution in [0.5, 0.6) is 0 Å². The van der Waals surface area contributed by atoms with E-state index in [9.17, 15) is 5.11 Å². The van der Waals surface area contributed by atoms with Crippen molar-refractivity contribution in [2.75, 3.05) is 24.5 Å². The van der Waals surface area contributed by atoms with Crippen molar-refractivity contribution in [3.8, 4) is 0 Å². The summed E-state index contributed by atoms with van der Waals surface area (Å²) in [5.74, 6) is 0.948. The topological polar surface area (TPSA) is 35.5 Å². The van der Waals surface area contributed by atoms with Crippen LogP contribution in [0.3, 0.4) is 0 Å². The standard InChI is InChI=1S/C17H27ClN2O/c1-12(2)9-19-10-14-8-15(18)4-5-16(14)20-7-6-17(21)13(3)11-20/h4-5,8,12-13,17,19,21H,6-7,9-11H2,1-3H3. The van der Waals surface area contributed by atoms with Gasteiger partial charge in [-0.2, -0.15) is 0 Å². The summed E-state index contributed by atoms with van der Waals surface area (Å²) in [6.45, 7) is 10.2. The zero-order valence-corrected chi connectivity index (χ0v) is 14.0. The van der Waals surface area contributed by atoms with E-state index in [1.807, 2.05) is 6.07 Å². The Morgan fingerprint density at radius 2 is 2.19 bits per heavy atom. The van der Waals surface area contributed by atoms with E-state index < -0.39 is 0 Å². The molecule has 3 nitrogen and oxygen atoms in total. The van der Waals surface area contributed by atoms with Crippen LogP contribution in [-0.2, 0) is 6.54 Å². The van der Waals surface area contributed by atoms with Crippen LogP contribution in [0, 0.1) is 11.8 Å². The Morgan fingerprint density at radius 3 is 2.86 bits per heavy atom. The van der Waals surface area contributed by atoms with Gasteiger partial charge in [0.25, 0.3) is 0 Å². The molecule has 0 radical (unpaired) electrons. The molecule has 2 atom stereocenters. The second-order valence-electron chi connectivity index (χ2n) is 6.58. The van der Waals surface area contributed by atoms with E-state index in [1.165, 1.54) is 11.3 Å². The van der Waals surface area contributed by atoms with E-state index in [-0.39, 0.29) is 6.10 Å². The molecule has 0 spiro atoms. The van der Waals surface area contributed by atoms with Crippen LogP contribution in [0.2, 0.25) is 5.02 Å². The van der Waals surface area contributed by atoms with Crippen LogP contribution in [0.1, 0.15) is 32.8 Å². The Kier molecular flexibility index (Phi) is 5.91. The maximum absolute atomic E-state index is 9.90. The molecule has 0 saturated carbocycles. The van der Waals surface area contributed by atoms with Crippen LogP contribution >= 0.6 is 11.6 Å². The zero-order chi connectivity index (χ0) is 15.4. The lowest BCUT2D eigenvalue weighted by Crippen LogP contribution is -2.42. The van der Waals surface area contributed by atoms with Gasteiger partial charge in [0.15, 0.2) is 0 Å². The Morgan fingerprint density at radius 1 is 1.43 bits per heavy atom. The normalized spacial score (nSPS) is 22.9. The molecule has 1 fully saturated rings. The van der Waals surface area contributed by atoms with Gasteiger partial charge in [0, 0.05) is 30.3 Å². The number of nitrogens with zero attached hydrogens (tertiary/aromatic N) is 1. The fourth-order valence-electron chi connectivity index (χ4n) is 2.85. The Bertz CT molecular complexity index is 464. The Hall–Kier alpha value is -0.770. The van der Waals surface area contributed by atoms with Crippen molar-refractivity contribution >= 4 is 17.3 Å². The number of benzene rings is 1. The number of rotatable bonds is 5. The highest BCUT2D eigenvalue weighted by Crippen LogP contribution is 2.28. The van der Waals surface area contributed by atoms with Gasteiger partial charge in [0.1, 0.15) is 0 Å². The van der Waals surface area contributed by atoms with Crippen LogP contribution < -0.4 is 10.2 Å². The lowest BCUT2D eigenvalue weighted by atomic mass is 9.95. The third kappa shape index (κ3) is 4.60. The summed E-state index contributed by atoms with van der Waals surface area (Å²) in [6, 6.07) is 6.12. The number of nitrogens with one attached hydrogen (secondary N) is 1. The number of piperidine rings is 1. The van der Waals surface area contributed by atoms with Crippen molar-refractivity contribution in [3.05, 3.63) is 28.8 Å². The summed E-state index contributed by atoms with van der Waals surface area (Å²) < 4.78 is 0. The molecule has 0 amide bonds. The maximum atomic E-state index is 9.90. The van der Waals surface area contributed by atoms with Gasteiger partial charge in [-0.1, -0.05) is 32.4 Å². The van der Waals surface area contributed by atoms with E-state index in [2.05, 4.69) is 43.1 Å². The molecule has 2 rings (SSSR count). The second-order valence-corrected chi connectivity index (χ2v) is 7.01. The number of halogens is 1. The Labute approximate surface area is 133 Å². The molecule has 1 aliphatic rings. The van der Waals surface area contributed by atoms with Gasteiger partial charge in [-0.15, -0.1) is 0 Å². The van der Waals surface area contributed by atoms with Gasteiger partial charge in [0.05, 0.1) is 6.10 Å². The predicted octanol–water partition coefficient (Wildman–Crippen LogP) is 3.29. The van der Waals surface area contributed by atoms with Gasteiger partial charge in [0.2, 0.25) is 0 Å². The lowest BCUT2D eigenvalue weighted by molar-refractivity contribution is 0.0970. The van der Waals surface area contributed by atoms with E-state index in [0.29, 0.717) is 11.8 Å². The summed E-state index contributed by atoms with van der Waals surface area (Å²) in [5.41, 5.74) is 2.49. The van der Waals surface area contributed by atoms with Crippen LogP contribution in [0.4, 0.5) is 5.69 Å². The summed E-state index contributed by atoms with van der Waals surface area (Å²) in [6.07, 6.45) is 0.666. The highest BCUT2D eigenvalue weighted by Gasteiger charge is 2.25. The molecule has 0 aromatic heterocycles. The molecule has 1 aromatic carbocycles. The van der Waals surface area contributed by atoms with Crippen LogP contribution in [0.15, 0.2) is 18.2 Å². The summed E-state index contributed by atoms with van der Waals surface area (Å²) in [7, 11) is 0. The van der Waals surface area contributed by atoms with Gasteiger partial charge in [-0.25, -0.2) is 0 Å². The van der Waals surface area contributed by atoms with Crippen molar-refractivity contribution in [1.82, 2.24) is 5.32 Å². The molecule has 0 aliphatic carbocycles. The van der Waals surface area contributed by atoms with Crippen molar-refractivity contribution in [2.24, 2.45) is 11.8 Å². The first-order chi connectivity index (χ1) is 9.97. The molecule has 4 heteroatoms. The van der Waals surface area contributed by atoms with Gasteiger partial charge in [-0.3, -0.25) is 0 Å². The van der Waals surface area contributed by atoms with Crippen LogP contribution in [0.25, 0.3) is 0 Å². The molecule has 1 aliphatic heterocycles. The average Bonchev–Trinajstić information content (AvgIpc) is 2.42. The summed E-state index contributed by atoms with van der Waals surface area (Å²) in [4.78, 5) is 2.38. The smallest absolute Gasteiger partial charge is 0.0599 e. The number of hydrogen-bond donors (Lipinski definition) is 2. The molecule has 1 saturated heterocycles. The number of aliphatic hydroxyl groups is 1. The first-order valence-corrected chi connectivity index (χ1v) is 8.27. The first kappa shape index (κ1) is 16.6. The monoisotopic (exact) mass is 310 g/mol. The fraction of sp³-hybridized carbons (Fsp3) is 0.647. The van der Waals surface area contributed by atoms with Gasteiger partial charge >= 0.3 is 0 Å². The molecule has 1 heterocycles. The van der Waals surface area contributed by atoms with E-state index >= 15 is 0 Å².